The number of nitrogens with zero attached hydrogens (tertiary/aromatic N) is 3. The van der Waals surface area contributed by atoms with E-state index >= 15 is 0 Å². The number of carbonyl (C=O) groups excluding carboxylic acids is 1. The minimum atomic E-state index is -0.246. The molecule has 3 rings (SSSR count). The van der Waals surface area contributed by atoms with E-state index in [-0.39, 0.29) is 11.8 Å². The monoisotopic (exact) mass is 411 g/mol. The molecule has 1 aliphatic heterocycles. The van der Waals surface area contributed by atoms with Crippen molar-refractivity contribution in [3.8, 4) is 0 Å². The second-order valence-corrected chi connectivity index (χ2v) is 8.04. The first kappa shape index (κ1) is 17.6. The predicted molar refractivity (Wildman–Crippen MR) is 99.6 cm³/mol. The fraction of sp³-hybridized carbons (Fsp3) is 0.562. The molecule has 2 aromatic rings. The maximum Gasteiger partial charge on any atom is 0.279 e. The molecule has 0 radical (unpaired) electrons. The maximum atomic E-state index is 12.4. The van der Waals surface area contributed by atoms with Crippen LogP contribution in [0.2, 0.25) is 0 Å². The highest BCUT2D eigenvalue weighted by Crippen LogP contribution is 2.26. The van der Waals surface area contributed by atoms with E-state index in [1.165, 1.54) is 30.6 Å². The summed E-state index contributed by atoms with van der Waals surface area (Å²) in [5.74, 6) is 0.0216. The van der Waals surface area contributed by atoms with Gasteiger partial charge in [-0.25, -0.2) is 4.98 Å². The molecule has 0 saturated carbocycles. The van der Waals surface area contributed by atoms with E-state index in [4.69, 9.17) is 0 Å². The third-order valence-electron chi connectivity index (χ3n) is 4.13. The van der Waals surface area contributed by atoms with Crippen LogP contribution in [-0.2, 0) is 6.54 Å². The van der Waals surface area contributed by atoms with Crippen LogP contribution >= 0.6 is 27.3 Å². The first-order valence-corrected chi connectivity index (χ1v) is 9.93. The van der Waals surface area contributed by atoms with Crippen LogP contribution < -0.4 is 5.32 Å². The molecule has 2 aromatic heterocycles. The van der Waals surface area contributed by atoms with Crippen molar-refractivity contribution in [3.63, 3.8) is 0 Å². The number of carbonyl (C=O) groups is 1. The molecule has 1 saturated heterocycles. The van der Waals surface area contributed by atoms with Gasteiger partial charge < -0.3 is 0 Å². The Hall–Kier alpha value is -1.25. The lowest BCUT2D eigenvalue weighted by Crippen LogP contribution is -2.29. The number of likely N-dealkylation sites (tertiary alicyclic amines) is 1. The molecule has 1 fully saturated rings. The van der Waals surface area contributed by atoms with E-state index in [2.05, 4.69) is 41.3 Å². The molecule has 0 aromatic carbocycles. The van der Waals surface area contributed by atoms with Gasteiger partial charge in [0.1, 0.15) is 0 Å². The largest absolute Gasteiger partial charge is 0.297 e. The Balaban J connectivity index is 1.62. The van der Waals surface area contributed by atoms with Crippen LogP contribution in [0.15, 0.2) is 9.85 Å². The molecule has 0 unspecified atom stereocenters. The number of aromatic amines is 1. The SMILES string of the molecule is CC(C)c1[nH]nc(C(=O)Nc2nc(CN3CCCCC3)cs2)c1Br. The lowest BCUT2D eigenvalue weighted by Gasteiger charge is -2.25. The summed E-state index contributed by atoms with van der Waals surface area (Å²) >= 11 is 4.92. The zero-order valence-electron chi connectivity index (χ0n) is 13.9. The summed E-state index contributed by atoms with van der Waals surface area (Å²) in [6.45, 7) is 7.23. The lowest BCUT2D eigenvalue weighted by atomic mass is 10.1. The molecule has 1 aliphatic rings. The summed E-state index contributed by atoms with van der Waals surface area (Å²) in [4.78, 5) is 19.4. The van der Waals surface area contributed by atoms with Crippen molar-refractivity contribution in [2.24, 2.45) is 0 Å². The zero-order valence-corrected chi connectivity index (χ0v) is 16.3. The summed E-state index contributed by atoms with van der Waals surface area (Å²) in [5.41, 5.74) is 2.30. The van der Waals surface area contributed by atoms with E-state index in [0.29, 0.717) is 10.8 Å². The van der Waals surface area contributed by atoms with Gasteiger partial charge in [0.15, 0.2) is 10.8 Å². The van der Waals surface area contributed by atoms with E-state index in [1.54, 1.807) is 0 Å². The standard InChI is InChI=1S/C16H22BrN5OS/c1-10(2)13-12(17)14(21-20-13)15(23)19-16-18-11(9-24-16)8-22-6-4-3-5-7-22/h9-10H,3-8H2,1-2H3,(H,20,21)(H,18,19,23). The Morgan fingerprint density at radius 2 is 2.17 bits per heavy atom. The topological polar surface area (TPSA) is 73.9 Å². The van der Waals surface area contributed by atoms with Gasteiger partial charge in [0, 0.05) is 11.9 Å². The number of H-pyrrole nitrogens is 1. The number of thiazole rings is 1. The van der Waals surface area contributed by atoms with Crippen LogP contribution in [0.5, 0.6) is 0 Å². The molecule has 3 heterocycles. The molecule has 8 heteroatoms. The summed E-state index contributed by atoms with van der Waals surface area (Å²) in [6.07, 6.45) is 3.85. The number of anilines is 1. The Labute approximate surface area is 154 Å². The van der Waals surface area contributed by atoms with Gasteiger partial charge in [0.05, 0.1) is 15.9 Å². The highest BCUT2D eigenvalue weighted by molar-refractivity contribution is 9.10. The fourth-order valence-corrected chi connectivity index (χ4v) is 4.33. The Morgan fingerprint density at radius 3 is 2.83 bits per heavy atom. The number of aromatic nitrogens is 3. The molecule has 0 spiro atoms. The van der Waals surface area contributed by atoms with Crippen LogP contribution in [0, 0.1) is 0 Å². The number of hydrogen-bond donors (Lipinski definition) is 2. The van der Waals surface area contributed by atoms with Crippen LogP contribution in [0.25, 0.3) is 0 Å². The minimum absolute atomic E-state index is 0.246. The van der Waals surface area contributed by atoms with E-state index in [1.807, 2.05) is 19.2 Å². The molecule has 0 bridgehead atoms. The Kier molecular flexibility index (Phi) is 5.68. The van der Waals surface area contributed by atoms with E-state index < -0.39 is 0 Å². The van der Waals surface area contributed by atoms with Crippen LogP contribution in [-0.4, -0.2) is 39.1 Å². The zero-order chi connectivity index (χ0) is 17.1. The number of halogens is 1. The molecule has 24 heavy (non-hydrogen) atoms. The number of amides is 1. The first-order chi connectivity index (χ1) is 11.5. The van der Waals surface area contributed by atoms with Crippen LogP contribution in [0.4, 0.5) is 5.13 Å². The second-order valence-electron chi connectivity index (χ2n) is 6.39. The average Bonchev–Trinajstić information content (AvgIpc) is 3.15. The van der Waals surface area contributed by atoms with Gasteiger partial charge in [-0.15, -0.1) is 11.3 Å². The lowest BCUT2D eigenvalue weighted by molar-refractivity contribution is 0.102. The molecule has 1 amide bonds. The van der Waals surface area contributed by atoms with Gasteiger partial charge >= 0.3 is 0 Å². The molecule has 0 atom stereocenters. The second kappa shape index (κ2) is 7.76. The summed E-state index contributed by atoms with van der Waals surface area (Å²) in [5, 5.41) is 12.5. The maximum absolute atomic E-state index is 12.4. The van der Waals surface area contributed by atoms with Crippen molar-refractivity contribution in [1.29, 1.82) is 0 Å². The first-order valence-electron chi connectivity index (χ1n) is 8.26. The third kappa shape index (κ3) is 4.04. The number of rotatable bonds is 5. The predicted octanol–water partition coefficient (Wildman–Crippen LogP) is 3.99. The van der Waals surface area contributed by atoms with Gasteiger partial charge in [-0.3, -0.25) is 20.1 Å². The Bertz CT molecular complexity index is 705. The quantitative estimate of drug-likeness (QED) is 0.779. The van der Waals surface area contributed by atoms with Crippen molar-refractivity contribution in [1.82, 2.24) is 20.1 Å². The fourth-order valence-electron chi connectivity index (χ4n) is 2.81. The normalized spacial score (nSPS) is 15.8. The minimum Gasteiger partial charge on any atom is -0.297 e. The number of nitrogens with one attached hydrogen (secondary N) is 2. The van der Waals surface area contributed by atoms with Gasteiger partial charge in [0.25, 0.3) is 5.91 Å². The van der Waals surface area contributed by atoms with Crippen LogP contribution in [0.3, 0.4) is 0 Å². The van der Waals surface area contributed by atoms with Crippen molar-refractivity contribution >= 4 is 38.3 Å². The number of hydrogen-bond acceptors (Lipinski definition) is 5. The van der Waals surface area contributed by atoms with E-state index in [9.17, 15) is 4.79 Å². The van der Waals surface area contributed by atoms with Gasteiger partial charge in [-0.2, -0.15) is 5.10 Å². The molecular formula is C16H22BrN5OS. The van der Waals surface area contributed by atoms with Gasteiger partial charge in [-0.05, 0) is 47.8 Å². The smallest absolute Gasteiger partial charge is 0.279 e. The summed E-state index contributed by atoms with van der Waals surface area (Å²) in [6, 6.07) is 0. The van der Waals surface area contributed by atoms with E-state index in [0.717, 1.165) is 35.5 Å². The van der Waals surface area contributed by atoms with Crippen LogP contribution in [0.1, 0.15) is 60.9 Å². The van der Waals surface area contributed by atoms with Crippen molar-refractivity contribution in [2.75, 3.05) is 18.4 Å². The molecule has 2 N–H and O–H groups in total. The number of piperidine rings is 1. The third-order valence-corrected chi connectivity index (χ3v) is 5.74. The van der Waals surface area contributed by atoms with Gasteiger partial charge in [0.2, 0.25) is 0 Å². The molecule has 6 nitrogen and oxygen atoms in total. The molecule has 0 aliphatic carbocycles. The molecule has 130 valence electrons. The highest BCUT2D eigenvalue weighted by atomic mass is 79.9. The highest BCUT2D eigenvalue weighted by Gasteiger charge is 2.20. The molecular weight excluding hydrogens is 390 g/mol. The Morgan fingerprint density at radius 1 is 1.42 bits per heavy atom. The van der Waals surface area contributed by atoms with Crippen molar-refractivity contribution in [2.45, 2.75) is 45.6 Å². The van der Waals surface area contributed by atoms with Crippen molar-refractivity contribution in [3.05, 3.63) is 26.9 Å². The average molecular weight is 412 g/mol. The van der Waals surface area contributed by atoms with Gasteiger partial charge in [-0.1, -0.05) is 20.3 Å². The van der Waals surface area contributed by atoms with Crippen molar-refractivity contribution < 1.29 is 4.79 Å². The summed E-state index contributed by atoms with van der Waals surface area (Å²) < 4.78 is 0.722. The summed E-state index contributed by atoms with van der Waals surface area (Å²) in [7, 11) is 0.